The van der Waals surface area contributed by atoms with Crippen molar-refractivity contribution >= 4 is 5.82 Å². The SMILES string of the molecule is CCCOCCOc1cc(NN)nc(COC)n1. The molecule has 0 atom stereocenters. The number of methoxy groups -OCH3 is 1. The molecule has 1 aromatic rings. The Morgan fingerprint density at radius 3 is 2.78 bits per heavy atom. The zero-order chi connectivity index (χ0) is 13.2. The van der Waals surface area contributed by atoms with Gasteiger partial charge in [0, 0.05) is 19.8 Å². The van der Waals surface area contributed by atoms with Crippen LogP contribution in [0.15, 0.2) is 6.07 Å². The predicted molar refractivity (Wildman–Crippen MR) is 67.2 cm³/mol. The maximum absolute atomic E-state index is 5.45. The highest BCUT2D eigenvalue weighted by Crippen LogP contribution is 2.13. The molecule has 0 aromatic carbocycles. The third-order valence-corrected chi connectivity index (χ3v) is 2.00. The fourth-order valence-electron chi connectivity index (χ4n) is 1.27. The summed E-state index contributed by atoms with van der Waals surface area (Å²) in [6, 6.07) is 1.62. The number of nitrogens with two attached hydrogens (primary N) is 1. The van der Waals surface area contributed by atoms with Gasteiger partial charge in [-0.25, -0.2) is 10.8 Å². The summed E-state index contributed by atoms with van der Waals surface area (Å²) in [7, 11) is 1.57. The van der Waals surface area contributed by atoms with Crippen molar-refractivity contribution in [3.05, 3.63) is 11.9 Å². The Bertz CT molecular complexity index is 349. The van der Waals surface area contributed by atoms with Gasteiger partial charge < -0.3 is 19.6 Å². The van der Waals surface area contributed by atoms with Crippen molar-refractivity contribution in [2.45, 2.75) is 20.0 Å². The van der Waals surface area contributed by atoms with Crippen LogP contribution in [0.1, 0.15) is 19.2 Å². The van der Waals surface area contributed by atoms with E-state index in [0.29, 0.717) is 37.3 Å². The number of nitrogens with one attached hydrogen (secondary N) is 1. The van der Waals surface area contributed by atoms with Crippen LogP contribution in [-0.2, 0) is 16.1 Å². The molecule has 1 rings (SSSR count). The van der Waals surface area contributed by atoms with E-state index in [1.165, 1.54) is 0 Å². The van der Waals surface area contributed by atoms with Crippen molar-refractivity contribution in [1.29, 1.82) is 0 Å². The summed E-state index contributed by atoms with van der Waals surface area (Å²) in [6.45, 7) is 4.06. The van der Waals surface area contributed by atoms with E-state index in [9.17, 15) is 0 Å². The molecular weight excluding hydrogens is 236 g/mol. The van der Waals surface area contributed by atoms with E-state index in [4.69, 9.17) is 20.1 Å². The van der Waals surface area contributed by atoms with Gasteiger partial charge in [0.05, 0.1) is 6.61 Å². The van der Waals surface area contributed by atoms with Gasteiger partial charge in [0.15, 0.2) is 5.82 Å². The molecule has 18 heavy (non-hydrogen) atoms. The molecule has 0 aliphatic rings. The summed E-state index contributed by atoms with van der Waals surface area (Å²) in [6.07, 6.45) is 0.993. The average molecular weight is 256 g/mol. The molecule has 0 bridgehead atoms. The van der Waals surface area contributed by atoms with Crippen LogP contribution in [-0.4, -0.2) is 36.9 Å². The fraction of sp³-hybridized carbons (Fsp3) is 0.636. The van der Waals surface area contributed by atoms with E-state index in [-0.39, 0.29) is 0 Å². The molecular formula is C11H20N4O3. The van der Waals surface area contributed by atoms with Crippen molar-refractivity contribution in [1.82, 2.24) is 9.97 Å². The van der Waals surface area contributed by atoms with E-state index in [0.717, 1.165) is 13.0 Å². The molecule has 102 valence electrons. The van der Waals surface area contributed by atoms with Crippen molar-refractivity contribution < 1.29 is 14.2 Å². The Kier molecular flexibility index (Phi) is 7.00. The second-order valence-electron chi connectivity index (χ2n) is 3.55. The summed E-state index contributed by atoms with van der Waals surface area (Å²) >= 11 is 0. The van der Waals surface area contributed by atoms with Gasteiger partial charge in [-0.3, -0.25) is 0 Å². The first-order valence-electron chi connectivity index (χ1n) is 5.84. The number of rotatable bonds is 9. The molecule has 0 spiro atoms. The minimum absolute atomic E-state index is 0.304. The third-order valence-electron chi connectivity index (χ3n) is 2.00. The van der Waals surface area contributed by atoms with Gasteiger partial charge in [0.2, 0.25) is 5.88 Å². The normalized spacial score (nSPS) is 10.4. The summed E-state index contributed by atoms with van der Waals surface area (Å²) in [4.78, 5) is 8.30. The molecule has 0 aliphatic carbocycles. The minimum Gasteiger partial charge on any atom is -0.475 e. The summed E-state index contributed by atoms with van der Waals surface area (Å²) < 4.78 is 15.7. The molecule has 0 aliphatic heterocycles. The maximum Gasteiger partial charge on any atom is 0.218 e. The first kappa shape index (κ1) is 14.6. The lowest BCUT2D eigenvalue weighted by Gasteiger charge is -2.09. The van der Waals surface area contributed by atoms with E-state index in [1.807, 2.05) is 0 Å². The zero-order valence-electron chi connectivity index (χ0n) is 10.8. The van der Waals surface area contributed by atoms with Gasteiger partial charge in [-0.2, -0.15) is 4.98 Å². The van der Waals surface area contributed by atoms with Gasteiger partial charge in [0.25, 0.3) is 0 Å². The molecule has 0 unspecified atom stereocenters. The van der Waals surface area contributed by atoms with Crippen LogP contribution < -0.4 is 16.0 Å². The number of hydrogen-bond donors (Lipinski definition) is 2. The van der Waals surface area contributed by atoms with Crippen LogP contribution in [0.25, 0.3) is 0 Å². The van der Waals surface area contributed by atoms with E-state index in [1.54, 1.807) is 13.2 Å². The van der Waals surface area contributed by atoms with Gasteiger partial charge >= 0.3 is 0 Å². The fourth-order valence-corrected chi connectivity index (χ4v) is 1.27. The smallest absolute Gasteiger partial charge is 0.218 e. The average Bonchev–Trinajstić information content (AvgIpc) is 2.38. The molecule has 0 saturated heterocycles. The number of nitrogen functional groups attached to an aromatic ring is 1. The monoisotopic (exact) mass is 256 g/mol. The van der Waals surface area contributed by atoms with Crippen LogP contribution in [0.3, 0.4) is 0 Å². The predicted octanol–water partition coefficient (Wildman–Crippen LogP) is 0.714. The largest absolute Gasteiger partial charge is 0.475 e. The Hall–Kier alpha value is -1.44. The number of nitrogens with zero attached hydrogens (tertiary/aromatic N) is 2. The third kappa shape index (κ3) is 5.26. The van der Waals surface area contributed by atoms with Gasteiger partial charge in [-0.1, -0.05) is 6.92 Å². The van der Waals surface area contributed by atoms with Crippen molar-refractivity contribution in [3.8, 4) is 5.88 Å². The van der Waals surface area contributed by atoms with Crippen LogP contribution in [0.4, 0.5) is 5.82 Å². The topological polar surface area (TPSA) is 91.5 Å². The zero-order valence-corrected chi connectivity index (χ0v) is 10.8. The maximum atomic E-state index is 5.45. The lowest BCUT2D eigenvalue weighted by Crippen LogP contribution is -2.13. The lowest BCUT2D eigenvalue weighted by molar-refractivity contribution is 0.0985. The summed E-state index contributed by atoms with van der Waals surface area (Å²) in [5.74, 6) is 6.76. The molecule has 1 heterocycles. The van der Waals surface area contributed by atoms with Gasteiger partial charge in [-0.05, 0) is 6.42 Å². The van der Waals surface area contributed by atoms with Crippen molar-refractivity contribution in [2.24, 2.45) is 5.84 Å². The lowest BCUT2D eigenvalue weighted by atomic mass is 10.5. The van der Waals surface area contributed by atoms with E-state index in [2.05, 4.69) is 22.3 Å². The van der Waals surface area contributed by atoms with E-state index < -0.39 is 0 Å². The minimum atomic E-state index is 0.304. The van der Waals surface area contributed by atoms with Crippen molar-refractivity contribution in [3.63, 3.8) is 0 Å². The van der Waals surface area contributed by atoms with Crippen LogP contribution in [0.5, 0.6) is 5.88 Å². The number of aromatic nitrogens is 2. The molecule has 1 aromatic heterocycles. The number of anilines is 1. The van der Waals surface area contributed by atoms with Gasteiger partial charge in [0.1, 0.15) is 19.0 Å². The van der Waals surface area contributed by atoms with E-state index >= 15 is 0 Å². The molecule has 0 amide bonds. The number of hydrogen-bond acceptors (Lipinski definition) is 7. The molecule has 3 N–H and O–H groups in total. The Balaban J connectivity index is 2.50. The Labute approximate surface area is 107 Å². The second-order valence-corrected chi connectivity index (χ2v) is 3.55. The van der Waals surface area contributed by atoms with Gasteiger partial charge in [-0.15, -0.1) is 0 Å². The first-order valence-corrected chi connectivity index (χ1v) is 5.84. The standard InChI is InChI=1S/C11H20N4O3/c1-3-4-17-5-6-18-11-7-9(15-12)13-10(14-11)8-16-2/h7H,3-6,8,12H2,1-2H3,(H,13,14,15). The quantitative estimate of drug-likeness (QED) is 0.382. The van der Waals surface area contributed by atoms with Crippen molar-refractivity contribution in [2.75, 3.05) is 32.4 Å². The molecule has 7 heteroatoms. The highest BCUT2D eigenvalue weighted by Gasteiger charge is 2.04. The molecule has 7 nitrogen and oxygen atoms in total. The van der Waals surface area contributed by atoms with Crippen LogP contribution >= 0.6 is 0 Å². The highest BCUT2D eigenvalue weighted by atomic mass is 16.5. The Morgan fingerprint density at radius 1 is 1.28 bits per heavy atom. The number of ether oxygens (including phenoxy) is 3. The van der Waals surface area contributed by atoms with Crippen LogP contribution in [0, 0.1) is 0 Å². The molecule has 0 radical (unpaired) electrons. The molecule has 0 saturated carbocycles. The summed E-state index contributed by atoms with van der Waals surface area (Å²) in [5, 5.41) is 0. The summed E-state index contributed by atoms with van der Waals surface area (Å²) in [5.41, 5.74) is 2.46. The first-order chi connectivity index (χ1) is 8.80. The second kappa shape index (κ2) is 8.62. The Morgan fingerprint density at radius 2 is 2.11 bits per heavy atom. The van der Waals surface area contributed by atoms with Crippen LogP contribution in [0.2, 0.25) is 0 Å². The molecule has 0 fully saturated rings. The number of hydrazine groups is 1. The highest BCUT2D eigenvalue weighted by molar-refractivity contribution is 5.36.